The van der Waals surface area contributed by atoms with Gasteiger partial charge in [0.2, 0.25) is 0 Å². The number of aryl methyl sites for hydroxylation is 1. The van der Waals surface area contributed by atoms with Gasteiger partial charge < -0.3 is 14.8 Å². The number of ether oxygens (including phenoxy) is 2. The molecule has 0 saturated heterocycles. The summed E-state index contributed by atoms with van der Waals surface area (Å²) in [5, 5.41) is 3.03. The van der Waals surface area contributed by atoms with Gasteiger partial charge >= 0.3 is 0 Å². The minimum atomic E-state index is 0.113. The van der Waals surface area contributed by atoms with Crippen LogP contribution in [0.2, 0.25) is 0 Å². The Kier molecular flexibility index (Phi) is 5.65. The molecule has 0 radical (unpaired) electrons. The molecule has 0 heterocycles. The molecular formula is C14H21NO3. The van der Waals surface area contributed by atoms with E-state index in [1.807, 2.05) is 20.0 Å². The van der Waals surface area contributed by atoms with Gasteiger partial charge in [0.25, 0.3) is 0 Å². The van der Waals surface area contributed by atoms with E-state index in [0.29, 0.717) is 23.5 Å². The van der Waals surface area contributed by atoms with Gasteiger partial charge in [-0.2, -0.15) is 0 Å². The van der Waals surface area contributed by atoms with Crippen LogP contribution in [-0.4, -0.2) is 33.6 Å². The summed E-state index contributed by atoms with van der Waals surface area (Å²) in [6.07, 6.45) is 1.34. The van der Waals surface area contributed by atoms with E-state index in [4.69, 9.17) is 9.47 Å². The first kappa shape index (κ1) is 14.5. The van der Waals surface area contributed by atoms with Crippen molar-refractivity contribution in [3.8, 4) is 11.5 Å². The lowest BCUT2D eigenvalue weighted by Gasteiger charge is -2.12. The summed E-state index contributed by atoms with van der Waals surface area (Å²) in [5.74, 6) is 1.40. The van der Waals surface area contributed by atoms with Crippen molar-refractivity contribution in [2.24, 2.45) is 0 Å². The van der Waals surface area contributed by atoms with Crippen LogP contribution in [0.3, 0.4) is 0 Å². The molecule has 1 rings (SSSR count). The van der Waals surface area contributed by atoms with E-state index in [1.54, 1.807) is 20.3 Å². The Morgan fingerprint density at radius 2 is 2.00 bits per heavy atom. The SMILES string of the molecule is CNCCCC(=O)c1c(C)cc(OC)cc1OC. The molecule has 0 aliphatic heterocycles. The Morgan fingerprint density at radius 1 is 1.28 bits per heavy atom. The molecule has 0 spiro atoms. The predicted molar refractivity (Wildman–Crippen MR) is 71.8 cm³/mol. The third-order valence-electron chi connectivity index (χ3n) is 2.84. The molecular weight excluding hydrogens is 230 g/mol. The average molecular weight is 251 g/mol. The summed E-state index contributed by atoms with van der Waals surface area (Å²) < 4.78 is 10.4. The van der Waals surface area contributed by atoms with Crippen LogP contribution < -0.4 is 14.8 Å². The monoisotopic (exact) mass is 251 g/mol. The topological polar surface area (TPSA) is 47.6 Å². The quantitative estimate of drug-likeness (QED) is 0.596. The lowest BCUT2D eigenvalue weighted by molar-refractivity contribution is 0.0976. The Morgan fingerprint density at radius 3 is 2.56 bits per heavy atom. The number of nitrogens with one attached hydrogen (secondary N) is 1. The number of methoxy groups -OCH3 is 2. The van der Waals surface area contributed by atoms with E-state index in [1.165, 1.54) is 0 Å². The minimum Gasteiger partial charge on any atom is -0.497 e. The Balaban J connectivity index is 2.96. The summed E-state index contributed by atoms with van der Waals surface area (Å²) in [4.78, 5) is 12.2. The molecule has 1 aromatic carbocycles. The maximum absolute atomic E-state index is 12.2. The van der Waals surface area contributed by atoms with Crippen molar-refractivity contribution in [2.75, 3.05) is 27.8 Å². The molecule has 1 N–H and O–H groups in total. The minimum absolute atomic E-state index is 0.113. The first-order valence-corrected chi connectivity index (χ1v) is 6.04. The lowest BCUT2D eigenvalue weighted by atomic mass is 10.00. The molecule has 4 nitrogen and oxygen atoms in total. The number of rotatable bonds is 7. The molecule has 0 saturated carbocycles. The molecule has 0 amide bonds. The van der Waals surface area contributed by atoms with Crippen molar-refractivity contribution in [1.29, 1.82) is 0 Å². The molecule has 18 heavy (non-hydrogen) atoms. The Labute approximate surface area is 108 Å². The molecule has 0 unspecified atom stereocenters. The molecule has 0 aliphatic rings. The molecule has 0 aliphatic carbocycles. The van der Waals surface area contributed by atoms with Crippen LogP contribution in [-0.2, 0) is 0 Å². The standard InChI is InChI=1S/C14H21NO3/c1-10-8-11(17-3)9-13(18-4)14(10)12(16)6-5-7-15-2/h8-9,15H,5-7H2,1-4H3. The van der Waals surface area contributed by atoms with Crippen molar-refractivity contribution in [3.63, 3.8) is 0 Å². The smallest absolute Gasteiger partial charge is 0.166 e. The van der Waals surface area contributed by atoms with E-state index in [2.05, 4.69) is 5.32 Å². The van der Waals surface area contributed by atoms with Crippen LogP contribution in [0, 0.1) is 6.92 Å². The first-order valence-electron chi connectivity index (χ1n) is 6.04. The van der Waals surface area contributed by atoms with E-state index < -0.39 is 0 Å². The summed E-state index contributed by atoms with van der Waals surface area (Å²) in [5.41, 5.74) is 1.55. The normalized spacial score (nSPS) is 10.2. The first-order chi connectivity index (χ1) is 8.63. The highest BCUT2D eigenvalue weighted by atomic mass is 16.5. The lowest BCUT2D eigenvalue weighted by Crippen LogP contribution is -2.11. The van der Waals surface area contributed by atoms with Crippen molar-refractivity contribution in [2.45, 2.75) is 19.8 Å². The number of carbonyl (C=O) groups is 1. The van der Waals surface area contributed by atoms with Gasteiger partial charge in [-0.15, -0.1) is 0 Å². The second kappa shape index (κ2) is 7.01. The molecule has 0 fully saturated rings. The van der Waals surface area contributed by atoms with E-state index in [0.717, 1.165) is 18.5 Å². The number of Topliss-reactive ketones (excluding diaryl/α,β-unsaturated/α-hetero) is 1. The van der Waals surface area contributed by atoms with Crippen molar-refractivity contribution in [1.82, 2.24) is 5.32 Å². The van der Waals surface area contributed by atoms with Gasteiger partial charge in [0, 0.05) is 12.5 Å². The van der Waals surface area contributed by atoms with E-state index in [9.17, 15) is 4.79 Å². The van der Waals surface area contributed by atoms with Gasteiger partial charge in [-0.1, -0.05) is 0 Å². The van der Waals surface area contributed by atoms with E-state index >= 15 is 0 Å². The van der Waals surface area contributed by atoms with Gasteiger partial charge in [-0.3, -0.25) is 4.79 Å². The maximum atomic E-state index is 12.2. The molecule has 0 bridgehead atoms. The van der Waals surface area contributed by atoms with Crippen LogP contribution in [0.15, 0.2) is 12.1 Å². The fourth-order valence-electron chi connectivity index (χ4n) is 1.91. The van der Waals surface area contributed by atoms with Crippen LogP contribution in [0.1, 0.15) is 28.8 Å². The molecule has 0 aromatic heterocycles. The highest BCUT2D eigenvalue weighted by molar-refractivity contribution is 6.00. The number of hydrogen-bond acceptors (Lipinski definition) is 4. The zero-order chi connectivity index (χ0) is 13.5. The predicted octanol–water partition coefficient (Wildman–Crippen LogP) is 2.19. The van der Waals surface area contributed by atoms with Gasteiger partial charge in [-0.05, 0) is 38.6 Å². The van der Waals surface area contributed by atoms with Gasteiger partial charge in [0.1, 0.15) is 11.5 Å². The summed E-state index contributed by atoms with van der Waals surface area (Å²) >= 11 is 0. The second-order valence-corrected chi connectivity index (χ2v) is 4.15. The highest BCUT2D eigenvalue weighted by Gasteiger charge is 2.16. The van der Waals surface area contributed by atoms with Crippen LogP contribution in [0.4, 0.5) is 0 Å². The second-order valence-electron chi connectivity index (χ2n) is 4.15. The van der Waals surface area contributed by atoms with Crippen LogP contribution in [0.25, 0.3) is 0 Å². The molecule has 0 atom stereocenters. The Bertz CT molecular complexity index is 416. The van der Waals surface area contributed by atoms with Crippen LogP contribution in [0.5, 0.6) is 11.5 Å². The summed E-state index contributed by atoms with van der Waals surface area (Å²) in [6.45, 7) is 2.74. The zero-order valence-electron chi connectivity index (χ0n) is 11.5. The maximum Gasteiger partial charge on any atom is 0.166 e. The number of hydrogen-bond donors (Lipinski definition) is 1. The van der Waals surface area contributed by atoms with E-state index in [-0.39, 0.29) is 5.78 Å². The molecule has 1 aromatic rings. The van der Waals surface area contributed by atoms with Crippen molar-refractivity contribution >= 4 is 5.78 Å². The molecule has 100 valence electrons. The third kappa shape index (κ3) is 3.47. The fourth-order valence-corrected chi connectivity index (χ4v) is 1.91. The highest BCUT2D eigenvalue weighted by Crippen LogP contribution is 2.29. The van der Waals surface area contributed by atoms with Gasteiger partial charge in [0.05, 0.1) is 19.8 Å². The van der Waals surface area contributed by atoms with Gasteiger partial charge in [0.15, 0.2) is 5.78 Å². The Hall–Kier alpha value is -1.55. The summed E-state index contributed by atoms with van der Waals surface area (Å²) in [6, 6.07) is 3.60. The number of benzene rings is 1. The summed E-state index contributed by atoms with van der Waals surface area (Å²) in [7, 11) is 5.05. The molecule has 4 heteroatoms. The number of ketones is 1. The zero-order valence-corrected chi connectivity index (χ0v) is 11.5. The largest absolute Gasteiger partial charge is 0.497 e. The van der Waals surface area contributed by atoms with Crippen molar-refractivity contribution < 1.29 is 14.3 Å². The number of carbonyl (C=O) groups excluding carboxylic acids is 1. The average Bonchev–Trinajstić information content (AvgIpc) is 2.37. The van der Waals surface area contributed by atoms with Gasteiger partial charge in [-0.25, -0.2) is 0 Å². The third-order valence-corrected chi connectivity index (χ3v) is 2.84. The fraction of sp³-hybridized carbons (Fsp3) is 0.500. The van der Waals surface area contributed by atoms with Crippen LogP contribution >= 0.6 is 0 Å². The van der Waals surface area contributed by atoms with Crippen molar-refractivity contribution in [3.05, 3.63) is 23.3 Å².